The minimum absolute atomic E-state index is 0.177. The molecule has 0 bridgehead atoms. The number of rotatable bonds is 23. The summed E-state index contributed by atoms with van der Waals surface area (Å²) in [5, 5.41) is 7.87. The molecule has 6 rings (SSSR count). The van der Waals surface area contributed by atoms with Crippen molar-refractivity contribution in [2.45, 2.75) is 156 Å². The Morgan fingerprint density at radius 2 is 0.690 bits per heavy atom. The van der Waals surface area contributed by atoms with E-state index in [9.17, 15) is 9.59 Å². The lowest BCUT2D eigenvalue weighted by Crippen LogP contribution is -2.09. The number of benzene rings is 6. The van der Waals surface area contributed by atoms with E-state index in [-0.39, 0.29) is 11.9 Å². The Morgan fingerprint density at radius 3 is 1.05 bits per heavy atom. The second-order valence-corrected chi connectivity index (χ2v) is 16.6. The lowest BCUT2D eigenvalue weighted by atomic mass is 9.83. The molecule has 0 aliphatic carbocycles. The molecule has 0 N–H and O–H groups in total. The van der Waals surface area contributed by atoms with Crippen LogP contribution in [0.3, 0.4) is 0 Å². The molecule has 6 aromatic carbocycles. The summed E-state index contributed by atoms with van der Waals surface area (Å²) in [4.78, 5) is 27.1. The van der Waals surface area contributed by atoms with Gasteiger partial charge in [-0.25, -0.2) is 0 Å². The van der Waals surface area contributed by atoms with E-state index in [1.807, 2.05) is 12.1 Å². The fourth-order valence-electron chi connectivity index (χ4n) is 8.96. The maximum Gasteiger partial charge on any atom is 0.311 e. The first-order valence-corrected chi connectivity index (χ1v) is 22.7. The van der Waals surface area contributed by atoms with Crippen molar-refractivity contribution in [2.24, 2.45) is 0 Å². The van der Waals surface area contributed by atoms with Crippen molar-refractivity contribution < 1.29 is 19.1 Å². The van der Waals surface area contributed by atoms with Crippen LogP contribution in [0.2, 0.25) is 0 Å². The predicted molar refractivity (Wildman–Crippen MR) is 246 cm³/mol. The number of ether oxygens (including phenoxy) is 2. The van der Waals surface area contributed by atoms with E-state index in [1.54, 1.807) is 0 Å². The summed E-state index contributed by atoms with van der Waals surface area (Å²) in [5.41, 5.74) is 4.42. The van der Waals surface area contributed by atoms with Crippen molar-refractivity contribution in [1.29, 1.82) is 0 Å². The molecule has 0 aliphatic rings. The second kappa shape index (κ2) is 21.9. The highest BCUT2D eigenvalue weighted by Gasteiger charge is 2.25. The summed E-state index contributed by atoms with van der Waals surface area (Å²) in [6.07, 6.45) is 22.4. The van der Waals surface area contributed by atoms with Crippen LogP contribution in [0.1, 0.15) is 153 Å². The van der Waals surface area contributed by atoms with Crippen molar-refractivity contribution in [2.75, 3.05) is 0 Å². The molecular formula is C54H66O4. The number of unbranched alkanes of at least 4 members (excludes halogenated alkanes) is 16. The molecule has 58 heavy (non-hydrogen) atoms. The van der Waals surface area contributed by atoms with E-state index in [4.69, 9.17) is 9.47 Å². The van der Waals surface area contributed by atoms with Crippen LogP contribution in [-0.2, 0) is 9.59 Å². The summed E-state index contributed by atoms with van der Waals surface area (Å²) in [6.45, 7) is 8.80. The van der Waals surface area contributed by atoms with E-state index in [1.165, 1.54) is 77.0 Å². The number of fused-ring (bicyclic) bond motifs is 4. The van der Waals surface area contributed by atoms with Gasteiger partial charge in [0.25, 0.3) is 0 Å². The van der Waals surface area contributed by atoms with Gasteiger partial charge in [0.1, 0.15) is 11.5 Å². The van der Waals surface area contributed by atoms with Crippen molar-refractivity contribution in [1.82, 2.24) is 0 Å². The molecule has 0 atom stereocenters. The summed E-state index contributed by atoms with van der Waals surface area (Å²) in [6, 6.07) is 29.3. The number of esters is 2. The average molecular weight is 779 g/mol. The minimum Gasteiger partial charge on any atom is -0.425 e. The van der Waals surface area contributed by atoms with E-state index in [2.05, 4.69) is 100 Å². The maximum absolute atomic E-state index is 13.6. The number of hydrogen-bond donors (Lipinski definition) is 0. The SMILES string of the molecule is CCCCCCCCCCCC(=O)Oc1c2ccccc2c(-c2c3ccccc3c(OC(=O)CCCCCCCCCCC)c3cccc(C)c23)c2c(C)cccc12. The van der Waals surface area contributed by atoms with Gasteiger partial charge in [-0.15, -0.1) is 0 Å². The molecule has 0 aliphatic heterocycles. The smallest absolute Gasteiger partial charge is 0.311 e. The molecule has 0 saturated heterocycles. The Bertz CT molecular complexity index is 2140. The Kier molecular flexibility index (Phi) is 16.2. The normalized spacial score (nSPS) is 11.6. The summed E-state index contributed by atoms with van der Waals surface area (Å²) in [5.74, 6) is 0.908. The van der Waals surface area contributed by atoms with Gasteiger partial charge in [0.15, 0.2) is 0 Å². The molecule has 0 aromatic heterocycles. The largest absolute Gasteiger partial charge is 0.425 e. The second-order valence-electron chi connectivity index (χ2n) is 16.6. The lowest BCUT2D eigenvalue weighted by Gasteiger charge is -2.23. The van der Waals surface area contributed by atoms with Crippen LogP contribution in [0.4, 0.5) is 0 Å². The van der Waals surface area contributed by atoms with Gasteiger partial charge in [-0.1, -0.05) is 202 Å². The first kappa shape index (κ1) is 42.9. The quantitative estimate of drug-likeness (QED) is 0.0281. The highest BCUT2D eigenvalue weighted by molar-refractivity contribution is 6.28. The number of aryl methyl sites for hydroxylation is 2. The van der Waals surface area contributed by atoms with Gasteiger partial charge in [-0.05, 0) is 70.5 Å². The van der Waals surface area contributed by atoms with Crippen molar-refractivity contribution >= 4 is 55.0 Å². The molecule has 306 valence electrons. The molecule has 0 radical (unpaired) electrons. The standard InChI is InChI=1S/C54H66O4/c1-5-7-9-11-13-15-17-19-21-37-47(55)57-53-43-33-25-23-31-41(43)51(49-39(3)29-27-35-45(49)53)52-42-32-24-26-34-44(42)54(46-36-28-30-40(4)50(46)52)58-48(56)38-22-20-18-16-14-12-10-8-6-2/h23-36H,5-22,37-38H2,1-4H3. The highest BCUT2D eigenvalue weighted by Crippen LogP contribution is 2.51. The van der Waals surface area contributed by atoms with E-state index in [0.717, 1.165) is 104 Å². The van der Waals surface area contributed by atoms with Gasteiger partial charge in [0, 0.05) is 34.4 Å². The highest BCUT2D eigenvalue weighted by atomic mass is 16.5. The summed E-state index contributed by atoms with van der Waals surface area (Å²) >= 11 is 0. The molecule has 0 spiro atoms. The Morgan fingerprint density at radius 1 is 0.379 bits per heavy atom. The molecular weight excluding hydrogens is 713 g/mol. The molecule has 0 unspecified atom stereocenters. The number of hydrogen-bond acceptors (Lipinski definition) is 4. The number of carbonyl (C=O) groups is 2. The van der Waals surface area contributed by atoms with E-state index >= 15 is 0 Å². The first-order chi connectivity index (χ1) is 28.4. The van der Waals surface area contributed by atoms with Crippen LogP contribution in [-0.4, -0.2) is 11.9 Å². The molecule has 0 amide bonds. The topological polar surface area (TPSA) is 52.6 Å². The molecule has 4 nitrogen and oxygen atoms in total. The fraction of sp³-hybridized carbons (Fsp3) is 0.444. The van der Waals surface area contributed by atoms with Crippen LogP contribution < -0.4 is 9.47 Å². The van der Waals surface area contributed by atoms with Crippen molar-refractivity contribution in [3.8, 4) is 22.6 Å². The van der Waals surface area contributed by atoms with Crippen LogP contribution in [0.25, 0.3) is 54.2 Å². The zero-order valence-corrected chi connectivity index (χ0v) is 35.9. The number of carbonyl (C=O) groups excluding carboxylic acids is 2. The van der Waals surface area contributed by atoms with Crippen LogP contribution in [0.15, 0.2) is 84.9 Å². The monoisotopic (exact) mass is 778 g/mol. The summed E-state index contributed by atoms with van der Waals surface area (Å²) in [7, 11) is 0. The predicted octanol–water partition coefficient (Wildman–Crippen LogP) is 16.2. The van der Waals surface area contributed by atoms with E-state index in [0.29, 0.717) is 24.3 Å². The maximum atomic E-state index is 13.6. The molecule has 0 heterocycles. The zero-order chi connectivity index (χ0) is 40.7. The van der Waals surface area contributed by atoms with Gasteiger partial charge in [0.2, 0.25) is 0 Å². The Balaban J connectivity index is 1.33. The first-order valence-electron chi connectivity index (χ1n) is 22.7. The third-order valence-electron chi connectivity index (χ3n) is 12.1. The molecule has 4 heteroatoms. The third-order valence-corrected chi connectivity index (χ3v) is 12.1. The van der Waals surface area contributed by atoms with Gasteiger partial charge in [-0.3, -0.25) is 9.59 Å². The third kappa shape index (κ3) is 10.5. The summed E-state index contributed by atoms with van der Waals surface area (Å²) < 4.78 is 12.8. The molecule has 0 saturated carbocycles. The molecule has 6 aromatic rings. The van der Waals surface area contributed by atoms with E-state index < -0.39 is 0 Å². The average Bonchev–Trinajstić information content (AvgIpc) is 3.23. The van der Waals surface area contributed by atoms with Crippen LogP contribution in [0.5, 0.6) is 11.5 Å². The fourth-order valence-corrected chi connectivity index (χ4v) is 8.96. The zero-order valence-electron chi connectivity index (χ0n) is 35.9. The Hall–Kier alpha value is -4.70. The van der Waals surface area contributed by atoms with Gasteiger partial charge < -0.3 is 9.47 Å². The van der Waals surface area contributed by atoms with Crippen molar-refractivity contribution in [3.05, 3.63) is 96.1 Å². The van der Waals surface area contributed by atoms with Gasteiger partial charge in [-0.2, -0.15) is 0 Å². The van der Waals surface area contributed by atoms with Gasteiger partial charge in [0.05, 0.1) is 0 Å². The Labute approximate surface area is 347 Å². The molecule has 0 fully saturated rings. The van der Waals surface area contributed by atoms with Crippen molar-refractivity contribution in [3.63, 3.8) is 0 Å². The lowest BCUT2D eigenvalue weighted by molar-refractivity contribution is -0.135. The van der Waals surface area contributed by atoms with Gasteiger partial charge >= 0.3 is 11.9 Å². The van der Waals surface area contributed by atoms with Crippen LogP contribution in [0, 0.1) is 13.8 Å². The minimum atomic E-state index is -0.177. The van der Waals surface area contributed by atoms with Crippen LogP contribution >= 0.6 is 0 Å².